The van der Waals surface area contributed by atoms with Crippen LogP contribution >= 0.6 is 12.4 Å². The first-order chi connectivity index (χ1) is 3.93. The van der Waals surface area contributed by atoms with Crippen molar-refractivity contribution in [3.63, 3.8) is 0 Å². The van der Waals surface area contributed by atoms with Crippen molar-refractivity contribution < 1.29 is 0 Å². The zero-order valence-corrected chi connectivity index (χ0v) is 5.97. The highest BCUT2D eigenvalue weighted by molar-refractivity contribution is 5.85. The van der Waals surface area contributed by atoms with E-state index in [4.69, 9.17) is 5.73 Å². The van der Waals surface area contributed by atoms with Crippen LogP contribution in [0.5, 0.6) is 0 Å². The minimum Gasteiger partial charge on any atom is -0.361 e. The number of nitrogens with two attached hydrogens (primary N) is 1. The van der Waals surface area contributed by atoms with Gasteiger partial charge >= 0.3 is 0 Å². The highest BCUT2D eigenvalue weighted by Crippen LogP contribution is 1.93. The molecule has 0 bridgehead atoms. The highest BCUT2D eigenvalue weighted by Gasteiger charge is 1.92. The molecule has 1 heterocycles. The van der Waals surface area contributed by atoms with Gasteiger partial charge in [-0.3, -0.25) is 0 Å². The summed E-state index contributed by atoms with van der Waals surface area (Å²) >= 11 is 0. The van der Waals surface area contributed by atoms with Crippen LogP contribution in [0.2, 0.25) is 0 Å². The second-order valence-electron chi connectivity index (χ2n) is 1.72. The van der Waals surface area contributed by atoms with Crippen molar-refractivity contribution in [1.29, 1.82) is 0 Å². The molecule has 0 aliphatic carbocycles. The third kappa shape index (κ3) is 2.54. The Morgan fingerprint density at radius 3 is 2.56 bits per heavy atom. The molecule has 0 aromatic heterocycles. The minimum atomic E-state index is 0. The molecule has 0 atom stereocenters. The van der Waals surface area contributed by atoms with Crippen molar-refractivity contribution in [3.8, 4) is 0 Å². The largest absolute Gasteiger partial charge is 0.361 e. The monoisotopic (exact) mass is 146 g/mol. The number of hydrogen-bond donors (Lipinski definition) is 1. The molecule has 0 saturated heterocycles. The highest BCUT2D eigenvalue weighted by atomic mass is 35.5. The molecule has 0 radical (unpaired) electrons. The molecule has 2 N–H and O–H groups in total. The van der Waals surface area contributed by atoms with E-state index in [0.29, 0.717) is 6.67 Å². The summed E-state index contributed by atoms with van der Waals surface area (Å²) in [5.41, 5.74) is 5.34. The molecule has 1 rings (SSSR count). The normalized spacial score (nSPS) is 15.4. The molecular weight excluding hydrogens is 136 g/mol. The maximum Gasteiger partial charge on any atom is 0.0654 e. The van der Waals surface area contributed by atoms with E-state index in [-0.39, 0.29) is 12.4 Å². The third-order valence-corrected chi connectivity index (χ3v) is 1.12. The van der Waals surface area contributed by atoms with Gasteiger partial charge in [0.1, 0.15) is 0 Å². The molecule has 1 aliphatic heterocycles. The van der Waals surface area contributed by atoms with Gasteiger partial charge in [-0.2, -0.15) is 0 Å². The summed E-state index contributed by atoms with van der Waals surface area (Å²) in [5, 5.41) is 0. The van der Waals surface area contributed by atoms with Crippen LogP contribution in [-0.2, 0) is 0 Å². The average Bonchev–Trinajstić information content (AvgIpc) is 1.90. The third-order valence-electron chi connectivity index (χ3n) is 1.12. The fraction of sp³-hybridized carbons (Fsp3) is 0.333. The number of rotatable bonds is 1. The molecule has 2 nitrogen and oxygen atoms in total. The Bertz CT molecular complexity index is 120. The summed E-state index contributed by atoms with van der Waals surface area (Å²) in [7, 11) is 0. The SMILES string of the molecule is Cl.NCN1C=CC=CC1. The van der Waals surface area contributed by atoms with Crippen molar-refractivity contribution in [2.75, 3.05) is 13.2 Å². The van der Waals surface area contributed by atoms with Gasteiger partial charge in [0, 0.05) is 12.7 Å². The molecule has 1 aliphatic rings. The molecule has 0 fully saturated rings. The van der Waals surface area contributed by atoms with Gasteiger partial charge < -0.3 is 10.6 Å². The topological polar surface area (TPSA) is 29.3 Å². The zero-order valence-electron chi connectivity index (χ0n) is 5.16. The van der Waals surface area contributed by atoms with E-state index < -0.39 is 0 Å². The van der Waals surface area contributed by atoms with E-state index in [1.54, 1.807) is 0 Å². The van der Waals surface area contributed by atoms with E-state index in [1.165, 1.54) is 0 Å². The van der Waals surface area contributed by atoms with Gasteiger partial charge in [0.2, 0.25) is 0 Å². The lowest BCUT2D eigenvalue weighted by Gasteiger charge is -2.16. The predicted molar refractivity (Wildman–Crippen MR) is 41.3 cm³/mol. The minimum absolute atomic E-state index is 0. The van der Waals surface area contributed by atoms with Crippen LogP contribution in [0.4, 0.5) is 0 Å². The molecular formula is C6H11ClN2. The van der Waals surface area contributed by atoms with Crippen molar-refractivity contribution in [1.82, 2.24) is 4.90 Å². The van der Waals surface area contributed by atoms with Crippen LogP contribution in [0, 0.1) is 0 Å². The predicted octanol–water partition coefficient (Wildman–Crippen LogP) is 0.710. The summed E-state index contributed by atoms with van der Waals surface area (Å²) in [6.45, 7) is 1.56. The lowest BCUT2D eigenvalue weighted by Crippen LogP contribution is -2.25. The second-order valence-corrected chi connectivity index (χ2v) is 1.72. The first-order valence-corrected chi connectivity index (χ1v) is 2.71. The summed E-state index contributed by atoms with van der Waals surface area (Å²) < 4.78 is 0. The Labute approximate surface area is 61.4 Å². The molecule has 0 unspecified atom stereocenters. The van der Waals surface area contributed by atoms with Crippen LogP contribution in [0.3, 0.4) is 0 Å². The number of allylic oxidation sites excluding steroid dienone is 2. The summed E-state index contributed by atoms with van der Waals surface area (Å²) in [6.07, 6.45) is 8.06. The number of nitrogens with zero attached hydrogens (tertiary/aromatic N) is 1. The maximum atomic E-state index is 5.34. The standard InChI is InChI=1S/C6H10N2.ClH/c7-6-8-4-2-1-3-5-8;/h1-4H,5-7H2;1H. The lowest BCUT2D eigenvalue weighted by molar-refractivity contribution is 0.425. The summed E-state index contributed by atoms with van der Waals surface area (Å²) in [4.78, 5) is 2.03. The van der Waals surface area contributed by atoms with Crippen molar-refractivity contribution >= 4 is 12.4 Å². The Morgan fingerprint density at radius 1 is 1.44 bits per heavy atom. The smallest absolute Gasteiger partial charge is 0.0654 e. The lowest BCUT2D eigenvalue weighted by atomic mass is 10.4. The Hall–Kier alpha value is -0.470. The van der Waals surface area contributed by atoms with Gasteiger partial charge in [0.05, 0.1) is 6.67 Å². The van der Waals surface area contributed by atoms with Crippen LogP contribution in [0.15, 0.2) is 24.4 Å². The van der Waals surface area contributed by atoms with Crippen LogP contribution in [-0.4, -0.2) is 18.1 Å². The second kappa shape index (κ2) is 4.41. The van der Waals surface area contributed by atoms with Crippen LogP contribution in [0.1, 0.15) is 0 Å². The van der Waals surface area contributed by atoms with Crippen molar-refractivity contribution in [2.45, 2.75) is 0 Å². The Morgan fingerprint density at radius 2 is 2.22 bits per heavy atom. The fourth-order valence-corrected chi connectivity index (χ4v) is 0.642. The first kappa shape index (κ1) is 8.53. The Kier molecular flexibility index (Phi) is 4.18. The molecule has 0 aromatic rings. The quantitative estimate of drug-likeness (QED) is 0.591. The van der Waals surface area contributed by atoms with Gasteiger partial charge in [-0.1, -0.05) is 12.2 Å². The van der Waals surface area contributed by atoms with E-state index in [2.05, 4.69) is 6.08 Å². The zero-order chi connectivity index (χ0) is 5.82. The van der Waals surface area contributed by atoms with Crippen LogP contribution < -0.4 is 5.73 Å². The maximum absolute atomic E-state index is 5.34. The first-order valence-electron chi connectivity index (χ1n) is 2.71. The van der Waals surface area contributed by atoms with Gasteiger partial charge in [0.25, 0.3) is 0 Å². The van der Waals surface area contributed by atoms with Gasteiger partial charge in [0.15, 0.2) is 0 Å². The fourth-order valence-electron chi connectivity index (χ4n) is 0.642. The summed E-state index contributed by atoms with van der Waals surface area (Å²) in [6, 6.07) is 0. The molecule has 0 saturated carbocycles. The van der Waals surface area contributed by atoms with Crippen molar-refractivity contribution in [2.24, 2.45) is 5.73 Å². The van der Waals surface area contributed by atoms with Gasteiger partial charge in [-0.25, -0.2) is 0 Å². The number of hydrogen-bond acceptors (Lipinski definition) is 2. The molecule has 52 valence electrons. The van der Waals surface area contributed by atoms with Crippen LogP contribution in [0.25, 0.3) is 0 Å². The summed E-state index contributed by atoms with van der Waals surface area (Å²) in [5.74, 6) is 0. The average molecular weight is 147 g/mol. The molecule has 3 heteroatoms. The Balaban J connectivity index is 0.000000640. The van der Waals surface area contributed by atoms with Gasteiger partial charge in [-0.15, -0.1) is 12.4 Å². The van der Waals surface area contributed by atoms with E-state index in [0.717, 1.165) is 6.54 Å². The molecule has 0 aromatic carbocycles. The molecule has 0 amide bonds. The van der Waals surface area contributed by atoms with E-state index in [1.807, 2.05) is 23.3 Å². The van der Waals surface area contributed by atoms with E-state index >= 15 is 0 Å². The molecule has 9 heavy (non-hydrogen) atoms. The number of halogens is 1. The van der Waals surface area contributed by atoms with Gasteiger partial charge in [-0.05, 0) is 6.08 Å². The van der Waals surface area contributed by atoms with Crippen molar-refractivity contribution in [3.05, 3.63) is 24.4 Å². The van der Waals surface area contributed by atoms with E-state index in [9.17, 15) is 0 Å². The molecule has 0 spiro atoms.